The van der Waals surface area contributed by atoms with E-state index in [1.54, 1.807) is 4.90 Å². The number of carbonyl (C=O) groups is 2. The Hall–Kier alpha value is -3.51. The van der Waals surface area contributed by atoms with Gasteiger partial charge in [-0.3, -0.25) is 9.69 Å². The molecule has 7 heteroatoms. The van der Waals surface area contributed by atoms with Crippen molar-refractivity contribution in [2.75, 3.05) is 49.1 Å². The maximum atomic E-state index is 13.2. The molecule has 180 valence electrons. The van der Waals surface area contributed by atoms with Crippen LogP contribution in [0.2, 0.25) is 5.02 Å². The van der Waals surface area contributed by atoms with Gasteiger partial charge in [0.25, 0.3) is 5.91 Å². The van der Waals surface area contributed by atoms with Crippen molar-refractivity contribution in [3.05, 3.63) is 95.0 Å². The Morgan fingerprint density at radius 1 is 0.743 bits per heavy atom. The maximum absolute atomic E-state index is 13.2. The van der Waals surface area contributed by atoms with Gasteiger partial charge in [0.15, 0.2) is 0 Å². The smallest absolute Gasteiger partial charge is 0.324 e. The van der Waals surface area contributed by atoms with Crippen molar-refractivity contribution in [2.24, 2.45) is 0 Å². The molecule has 0 saturated carbocycles. The van der Waals surface area contributed by atoms with E-state index in [1.807, 2.05) is 76.5 Å². The van der Waals surface area contributed by atoms with Crippen molar-refractivity contribution >= 4 is 34.9 Å². The van der Waals surface area contributed by atoms with Crippen LogP contribution < -0.4 is 9.80 Å². The minimum absolute atomic E-state index is 0.0117. The number of hydrogen-bond acceptors (Lipinski definition) is 3. The highest BCUT2D eigenvalue weighted by Gasteiger charge is 2.27. The summed E-state index contributed by atoms with van der Waals surface area (Å²) in [6.07, 6.45) is 0.895. The topological polar surface area (TPSA) is 47.1 Å². The number of rotatable bonds is 5. The quantitative estimate of drug-likeness (QED) is 0.500. The van der Waals surface area contributed by atoms with E-state index in [-0.39, 0.29) is 11.9 Å². The van der Waals surface area contributed by atoms with Crippen LogP contribution in [0.4, 0.5) is 16.2 Å². The minimum atomic E-state index is -0.0117. The summed E-state index contributed by atoms with van der Waals surface area (Å²) in [5.41, 5.74) is 3.73. The number of benzene rings is 3. The summed E-state index contributed by atoms with van der Waals surface area (Å²) in [6, 6.07) is 25.3. The van der Waals surface area contributed by atoms with Crippen molar-refractivity contribution in [3.8, 4) is 0 Å². The third kappa shape index (κ3) is 5.28. The highest BCUT2D eigenvalue weighted by molar-refractivity contribution is 6.30. The molecule has 3 amide bonds. The molecule has 2 saturated heterocycles. The van der Waals surface area contributed by atoms with E-state index in [4.69, 9.17) is 11.6 Å². The number of para-hydroxylation sites is 1. The van der Waals surface area contributed by atoms with Crippen molar-refractivity contribution in [1.82, 2.24) is 9.80 Å². The zero-order valence-electron chi connectivity index (χ0n) is 19.6. The normalized spacial score (nSPS) is 16.5. The van der Waals surface area contributed by atoms with Gasteiger partial charge in [0.1, 0.15) is 0 Å². The van der Waals surface area contributed by atoms with Gasteiger partial charge in [-0.05, 0) is 60.5 Å². The highest BCUT2D eigenvalue weighted by atomic mass is 35.5. The van der Waals surface area contributed by atoms with Crippen LogP contribution in [-0.4, -0.2) is 61.0 Å². The van der Waals surface area contributed by atoms with Crippen LogP contribution in [-0.2, 0) is 6.54 Å². The zero-order chi connectivity index (χ0) is 24.2. The molecule has 0 spiro atoms. The average Bonchev–Trinajstić information content (AvgIpc) is 2.91. The van der Waals surface area contributed by atoms with Gasteiger partial charge in [0.2, 0.25) is 0 Å². The molecule has 2 aliphatic rings. The van der Waals surface area contributed by atoms with E-state index in [2.05, 4.69) is 17.0 Å². The molecular weight excluding hydrogens is 460 g/mol. The summed E-state index contributed by atoms with van der Waals surface area (Å²) in [4.78, 5) is 34.1. The molecule has 0 aliphatic carbocycles. The lowest BCUT2D eigenvalue weighted by atomic mass is 10.1. The van der Waals surface area contributed by atoms with Crippen molar-refractivity contribution in [2.45, 2.75) is 13.0 Å². The van der Waals surface area contributed by atoms with E-state index in [9.17, 15) is 9.59 Å². The number of amides is 3. The Morgan fingerprint density at radius 2 is 1.43 bits per heavy atom. The highest BCUT2D eigenvalue weighted by Crippen LogP contribution is 2.23. The van der Waals surface area contributed by atoms with Crippen molar-refractivity contribution in [1.29, 1.82) is 0 Å². The lowest BCUT2D eigenvalue weighted by Crippen LogP contribution is -2.49. The molecule has 0 atom stereocenters. The monoisotopic (exact) mass is 488 g/mol. The number of urea groups is 1. The first-order valence-corrected chi connectivity index (χ1v) is 12.5. The lowest BCUT2D eigenvalue weighted by molar-refractivity contribution is 0.0747. The third-order valence-corrected chi connectivity index (χ3v) is 6.96. The van der Waals surface area contributed by atoms with E-state index in [0.717, 1.165) is 37.3 Å². The molecule has 2 aliphatic heterocycles. The van der Waals surface area contributed by atoms with E-state index in [1.165, 1.54) is 5.69 Å². The second-order valence-corrected chi connectivity index (χ2v) is 9.43. The van der Waals surface area contributed by atoms with Crippen LogP contribution in [0.25, 0.3) is 0 Å². The molecule has 0 unspecified atom stereocenters. The minimum Gasteiger partial charge on any atom is -0.368 e. The van der Waals surface area contributed by atoms with Crippen LogP contribution in [0.5, 0.6) is 0 Å². The summed E-state index contributed by atoms with van der Waals surface area (Å²) in [6.45, 7) is 4.98. The number of halogens is 1. The van der Waals surface area contributed by atoms with Crippen LogP contribution in [0.15, 0.2) is 78.9 Å². The molecule has 35 heavy (non-hydrogen) atoms. The van der Waals surface area contributed by atoms with Gasteiger partial charge in [0, 0.05) is 67.8 Å². The predicted molar refractivity (Wildman–Crippen MR) is 140 cm³/mol. The predicted octanol–water partition coefficient (Wildman–Crippen LogP) is 5.13. The molecule has 3 aromatic carbocycles. The van der Waals surface area contributed by atoms with Gasteiger partial charge in [-0.15, -0.1) is 0 Å². The van der Waals surface area contributed by atoms with Crippen LogP contribution in [0.1, 0.15) is 22.3 Å². The molecule has 0 N–H and O–H groups in total. The fourth-order valence-electron chi connectivity index (χ4n) is 4.75. The van der Waals surface area contributed by atoms with Crippen molar-refractivity contribution < 1.29 is 9.59 Å². The van der Waals surface area contributed by atoms with Gasteiger partial charge >= 0.3 is 6.03 Å². The SMILES string of the molecule is O=C(c1ccc(N2CCCN(Cc3ccc(Cl)cc3)C2=O)cc1)N1CCN(c2ccccc2)CC1. The Kier molecular flexibility index (Phi) is 6.91. The fraction of sp³-hybridized carbons (Fsp3) is 0.286. The third-order valence-electron chi connectivity index (χ3n) is 6.71. The molecule has 2 fully saturated rings. The zero-order valence-corrected chi connectivity index (χ0v) is 20.4. The van der Waals surface area contributed by atoms with Gasteiger partial charge in [-0.25, -0.2) is 4.79 Å². The Bertz CT molecular complexity index is 1160. The fourth-order valence-corrected chi connectivity index (χ4v) is 4.88. The largest absolute Gasteiger partial charge is 0.368 e. The number of nitrogens with zero attached hydrogens (tertiary/aromatic N) is 4. The summed E-state index contributed by atoms with van der Waals surface area (Å²) in [5, 5.41) is 0.688. The van der Waals surface area contributed by atoms with Crippen LogP contribution >= 0.6 is 11.6 Å². The van der Waals surface area contributed by atoms with E-state index in [0.29, 0.717) is 36.8 Å². The first-order valence-electron chi connectivity index (χ1n) is 12.1. The summed E-state index contributed by atoms with van der Waals surface area (Å²) < 4.78 is 0. The first kappa shape index (κ1) is 23.2. The molecule has 3 aromatic rings. The average molecular weight is 489 g/mol. The van der Waals surface area contributed by atoms with Crippen molar-refractivity contribution in [3.63, 3.8) is 0 Å². The standard InChI is InChI=1S/C28H29ClN4O2/c29-24-11-7-22(8-12-24)21-32-15-4-16-33(28(32)35)26-13-9-23(10-14-26)27(34)31-19-17-30(18-20-31)25-5-2-1-3-6-25/h1-3,5-14H,4,15-21H2. The summed E-state index contributed by atoms with van der Waals surface area (Å²) in [5.74, 6) is 0.0404. The van der Waals surface area contributed by atoms with Gasteiger partial charge in [-0.1, -0.05) is 41.9 Å². The maximum Gasteiger partial charge on any atom is 0.324 e. The Balaban J connectivity index is 1.20. The summed E-state index contributed by atoms with van der Waals surface area (Å²) in [7, 11) is 0. The van der Waals surface area contributed by atoms with E-state index >= 15 is 0 Å². The van der Waals surface area contributed by atoms with Crippen LogP contribution in [0, 0.1) is 0 Å². The molecule has 6 nitrogen and oxygen atoms in total. The number of hydrogen-bond donors (Lipinski definition) is 0. The lowest BCUT2D eigenvalue weighted by Gasteiger charge is -2.36. The number of anilines is 2. The van der Waals surface area contributed by atoms with E-state index < -0.39 is 0 Å². The molecular formula is C28H29ClN4O2. The molecule has 0 bridgehead atoms. The molecule has 0 aromatic heterocycles. The molecule has 2 heterocycles. The number of piperazine rings is 1. The summed E-state index contributed by atoms with van der Waals surface area (Å²) >= 11 is 5.98. The Labute approximate surface area is 211 Å². The first-order chi connectivity index (χ1) is 17.1. The Morgan fingerprint density at radius 3 is 2.11 bits per heavy atom. The van der Waals surface area contributed by atoms with Gasteiger partial charge in [-0.2, -0.15) is 0 Å². The molecule has 0 radical (unpaired) electrons. The number of carbonyl (C=O) groups excluding carboxylic acids is 2. The van der Waals surface area contributed by atoms with Gasteiger partial charge < -0.3 is 14.7 Å². The second-order valence-electron chi connectivity index (χ2n) is 9.00. The second kappa shape index (κ2) is 10.4. The van der Waals surface area contributed by atoms with Gasteiger partial charge in [0.05, 0.1) is 0 Å². The van der Waals surface area contributed by atoms with Crippen LogP contribution in [0.3, 0.4) is 0 Å². The molecule has 5 rings (SSSR count).